The van der Waals surface area contributed by atoms with E-state index in [2.05, 4.69) is 0 Å². The van der Waals surface area contributed by atoms with Gasteiger partial charge in [-0.2, -0.15) is 0 Å². The lowest BCUT2D eigenvalue weighted by Crippen LogP contribution is -2.01. The third-order valence-electron chi connectivity index (χ3n) is 5.24. The highest BCUT2D eigenvalue weighted by Gasteiger charge is 2.18. The van der Waals surface area contributed by atoms with Gasteiger partial charge in [-0.3, -0.25) is 0 Å². The summed E-state index contributed by atoms with van der Waals surface area (Å²) in [5.74, 6) is 0.311. The highest BCUT2D eigenvalue weighted by molar-refractivity contribution is 7.90. The maximum atomic E-state index is 13.5. The van der Waals surface area contributed by atoms with Gasteiger partial charge in [-0.15, -0.1) is 0 Å². The lowest BCUT2D eigenvalue weighted by molar-refractivity contribution is 0.306. The number of hydrogen-bond donors (Lipinski definition) is 0. The van der Waals surface area contributed by atoms with E-state index in [-0.39, 0.29) is 17.3 Å². The highest BCUT2D eigenvalue weighted by atomic mass is 35.5. The molecule has 0 atom stereocenters. The van der Waals surface area contributed by atoms with Gasteiger partial charge in [0.05, 0.1) is 4.90 Å². The van der Waals surface area contributed by atoms with Crippen molar-refractivity contribution in [3.63, 3.8) is 0 Å². The van der Waals surface area contributed by atoms with Crippen molar-refractivity contribution in [1.82, 2.24) is 4.57 Å². The van der Waals surface area contributed by atoms with Gasteiger partial charge in [0, 0.05) is 40.0 Å². The molecule has 0 aliphatic heterocycles. The molecule has 1 heterocycles. The number of nitrogens with zero attached hydrogens (tertiary/aromatic N) is 1. The summed E-state index contributed by atoms with van der Waals surface area (Å²) in [6.07, 6.45) is 3.10. The summed E-state index contributed by atoms with van der Waals surface area (Å²) >= 11 is 6.07. The smallest absolute Gasteiger partial charge is 0.175 e. The standard InChI is InChI=1S/C25H21ClFNO3S/c1-17-25(16-31-22-7-4-6-19(26)14-22)24(15-28(17)21-11-9-20(27)10-12-21)18-5-3-8-23(13-18)32(2,29)30/h3-15H,16H2,1-2H3. The fraction of sp³-hybridized carbons (Fsp3) is 0.120. The summed E-state index contributed by atoms with van der Waals surface area (Å²) in [6.45, 7) is 2.20. The SMILES string of the molecule is Cc1c(COc2cccc(Cl)c2)c(-c2cccc(S(C)(=O)=O)c2)cn1-c1ccc(F)cc1. The summed E-state index contributed by atoms with van der Waals surface area (Å²) < 4.78 is 45.6. The van der Waals surface area contributed by atoms with E-state index in [1.807, 2.05) is 35.9 Å². The Hall–Kier alpha value is -3.09. The molecule has 0 N–H and O–H groups in total. The largest absolute Gasteiger partial charge is 0.489 e. The first-order chi connectivity index (χ1) is 15.2. The molecule has 0 saturated heterocycles. The van der Waals surface area contributed by atoms with Crippen molar-refractivity contribution < 1.29 is 17.5 Å². The minimum absolute atomic E-state index is 0.240. The molecule has 0 radical (unpaired) electrons. The van der Waals surface area contributed by atoms with Crippen LogP contribution in [-0.4, -0.2) is 19.2 Å². The third kappa shape index (κ3) is 4.71. The van der Waals surface area contributed by atoms with E-state index >= 15 is 0 Å². The van der Waals surface area contributed by atoms with Crippen LogP contribution in [0, 0.1) is 12.7 Å². The maximum absolute atomic E-state index is 13.5. The van der Waals surface area contributed by atoms with Crippen LogP contribution < -0.4 is 4.74 Å². The molecule has 3 aromatic carbocycles. The second-order valence-electron chi connectivity index (χ2n) is 7.50. The van der Waals surface area contributed by atoms with E-state index in [9.17, 15) is 12.8 Å². The molecule has 4 rings (SSSR count). The Kier molecular flexibility index (Phi) is 6.09. The van der Waals surface area contributed by atoms with Gasteiger partial charge in [-0.05, 0) is 67.1 Å². The monoisotopic (exact) mass is 469 g/mol. The molecule has 0 unspecified atom stereocenters. The Balaban J connectivity index is 1.82. The molecule has 0 bridgehead atoms. The highest BCUT2D eigenvalue weighted by Crippen LogP contribution is 2.33. The van der Waals surface area contributed by atoms with Crippen LogP contribution in [0.2, 0.25) is 5.02 Å². The molecule has 0 aliphatic carbocycles. The predicted molar refractivity (Wildman–Crippen MR) is 125 cm³/mol. The van der Waals surface area contributed by atoms with Crippen molar-refractivity contribution in [2.75, 3.05) is 6.26 Å². The molecule has 4 nitrogen and oxygen atoms in total. The predicted octanol–water partition coefficient (Wildman–Crippen LogP) is 6.23. The third-order valence-corrected chi connectivity index (χ3v) is 6.58. The fourth-order valence-electron chi connectivity index (χ4n) is 3.55. The number of rotatable bonds is 6. The zero-order valence-corrected chi connectivity index (χ0v) is 19.1. The second kappa shape index (κ2) is 8.81. The first-order valence-corrected chi connectivity index (χ1v) is 12.1. The quantitative estimate of drug-likeness (QED) is 0.336. The summed E-state index contributed by atoms with van der Waals surface area (Å²) in [6, 6.07) is 20.1. The van der Waals surface area contributed by atoms with Crippen LogP contribution in [0.3, 0.4) is 0 Å². The normalized spacial score (nSPS) is 11.5. The van der Waals surface area contributed by atoms with E-state index in [1.54, 1.807) is 42.5 Å². The molecule has 0 saturated carbocycles. The number of sulfone groups is 1. The van der Waals surface area contributed by atoms with Gasteiger partial charge >= 0.3 is 0 Å². The number of halogens is 2. The minimum atomic E-state index is -3.36. The van der Waals surface area contributed by atoms with Gasteiger partial charge in [-0.25, -0.2) is 12.8 Å². The van der Waals surface area contributed by atoms with Crippen molar-refractivity contribution in [1.29, 1.82) is 0 Å². The van der Waals surface area contributed by atoms with Crippen molar-refractivity contribution in [2.24, 2.45) is 0 Å². The van der Waals surface area contributed by atoms with Gasteiger partial charge in [-0.1, -0.05) is 29.8 Å². The number of hydrogen-bond acceptors (Lipinski definition) is 3. The van der Waals surface area contributed by atoms with Crippen LogP contribution in [0.5, 0.6) is 5.75 Å². The van der Waals surface area contributed by atoms with Crippen molar-refractivity contribution in [3.05, 3.63) is 101 Å². The number of ether oxygens (including phenoxy) is 1. The molecular weight excluding hydrogens is 449 g/mol. The van der Waals surface area contributed by atoms with Crippen LogP contribution in [-0.2, 0) is 16.4 Å². The summed E-state index contributed by atoms with van der Waals surface area (Å²) in [7, 11) is -3.36. The molecule has 0 spiro atoms. The maximum Gasteiger partial charge on any atom is 0.175 e. The average Bonchev–Trinajstić information content (AvgIpc) is 3.09. The zero-order valence-electron chi connectivity index (χ0n) is 17.5. The molecular formula is C25H21ClFNO3S. The molecule has 7 heteroatoms. The molecule has 32 heavy (non-hydrogen) atoms. The van der Waals surface area contributed by atoms with Crippen molar-refractivity contribution in [2.45, 2.75) is 18.4 Å². The Morgan fingerprint density at radius 2 is 1.72 bits per heavy atom. The van der Waals surface area contributed by atoms with E-state index in [0.29, 0.717) is 10.8 Å². The van der Waals surface area contributed by atoms with Crippen LogP contribution >= 0.6 is 11.6 Å². The van der Waals surface area contributed by atoms with Gasteiger partial charge in [0.25, 0.3) is 0 Å². The molecule has 4 aromatic rings. The molecule has 0 amide bonds. The van der Waals surface area contributed by atoms with Crippen molar-refractivity contribution >= 4 is 21.4 Å². The number of aromatic nitrogens is 1. The molecule has 0 fully saturated rings. The number of benzene rings is 3. The molecule has 164 valence electrons. The van der Waals surface area contributed by atoms with Crippen LogP contribution in [0.25, 0.3) is 16.8 Å². The minimum Gasteiger partial charge on any atom is -0.489 e. The fourth-order valence-corrected chi connectivity index (χ4v) is 4.40. The Labute approximate surface area is 191 Å². The van der Waals surface area contributed by atoms with E-state index in [4.69, 9.17) is 16.3 Å². The first-order valence-electron chi connectivity index (χ1n) is 9.88. The molecule has 1 aromatic heterocycles. The Morgan fingerprint density at radius 3 is 2.41 bits per heavy atom. The second-order valence-corrected chi connectivity index (χ2v) is 9.95. The first kappa shape index (κ1) is 22.1. The summed E-state index contributed by atoms with van der Waals surface area (Å²) in [5.41, 5.74) is 4.16. The molecule has 0 aliphatic rings. The van der Waals surface area contributed by atoms with Gasteiger partial charge < -0.3 is 9.30 Å². The Bertz CT molecular complexity index is 1380. The Morgan fingerprint density at radius 1 is 1.00 bits per heavy atom. The van der Waals surface area contributed by atoms with Crippen LogP contribution in [0.15, 0.2) is 83.9 Å². The van der Waals surface area contributed by atoms with Crippen LogP contribution in [0.4, 0.5) is 4.39 Å². The van der Waals surface area contributed by atoms with E-state index in [1.165, 1.54) is 18.4 Å². The van der Waals surface area contributed by atoms with Gasteiger partial charge in [0.2, 0.25) is 0 Å². The van der Waals surface area contributed by atoms with Gasteiger partial charge in [0.1, 0.15) is 18.2 Å². The van der Waals surface area contributed by atoms with Crippen LogP contribution in [0.1, 0.15) is 11.3 Å². The topological polar surface area (TPSA) is 48.3 Å². The average molecular weight is 470 g/mol. The summed E-state index contributed by atoms with van der Waals surface area (Å²) in [4.78, 5) is 0.240. The van der Waals surface area contributed by atoms with E-state index in [0.717, 1.165) is 28.1 Å². The zero-order chi connectivity index (χ0) is 22.9. The van der Waals surface area contributed by atoms with E-state index < -0.39 is 9.84 Å². The van der Waals surface area contributed by atoms with Gasteiger partial charge in [0.15, 0.2) is 9.84 Å². The lowest BCUT2D eigenvalue weighted by Gasteiger charge is -2.11. The van der Waals surface area contributed by atoms with Crippen molar-refractivity contribution in [3.8, 4) is 22.6 Å². The lowest BCUT2D eigenvalue weighted by atomic mass is 10.0. The summed E-state index contributed by atoms with van der Waals surface area (Å²) in [5, 5.41) is 0.573.